The Morgan fingerprint density at radius 1 is 1.00 bits per heavy atom. The van der Waals surface area contributed by atoms with Crippen LogP contribution in [-0.4, -0.2) is 54.7 Å². The number of carbonyl (C=O) groups is 2. The number of pyridine rings is 1. The summed E-state index contributed by atoms with van der Waals surface area (Å²) in [6, 6.07) is 17.7. The van der Waals surface area contributed by atoms with Crippen molar-refractivity contribution in [2.24, 2.45) is 0 Å². The van der Waals surface area contributed by atoms with Gasteiger partial charge in [-0.2, -0.15) is 0 Å². The van der Waals surface area contributed by atoms with E-state index in [1.807, 2.05) is 42.5 Å². The number of carbonyl (C=O) groups excluding carboxylic acids is 2. The lowest BCUT2D eigenvalue weighted by atomic mass is 10.0. The molecule has 1 saturated heterocycles. The molecular formula is C26H24N2O4. The number of hydrogen-bond donors (Lipinski definition) is 0. The molecule has 2 aromatic carbocycles. The van der Waals surface area contributed by atoms with E-state index in [0.717, 1.165) is 39.7 Å². The van der Waals surface area contributed by atoms with Crippen molar-refractivity contribution in [1.29, 1.82) is 0 Å². The molecule has 0 N–H and O–H groups in total. The van der Waals surface area contributed by atoms with Crippen molar-refractivity contribution in [3.05, 3.63) is 77.0 Å². The number of amides is 1. The molecule has 1 amide bonds. The molecule has 0 atom stereocenters. The van der Waals surface area contributed by atoms with Crippen LogP contribution in [0.15, 0.2) is 54.6 Å². The van der Waals surface area contributed by atoms with Crippen LogP contribution >= 0.6 is 0 Å². The van der Waals surface area contributed by atoms with Gasteiger partial charge in [0.25, 0.3) is 5.91 Å². The van der Waals surface area contributed by atoms with Crippen LogP contribution in [0.4, 0.5) is 0 Å². The van der Waals surface area contributed by atoms with Crippen molar-refractivity contribution in [1.82, 2.24) is 9.88 Å². The van der Waals surface area contributed by atoms with Gasteiger partial charge in [0.1, 0.15) is 0 Å². The van der Waals surface area contributed by atoms with E-state index >= 15 is 0 Å². The summed E-state index contributed by atoms with van der Waals surface area (Å²) in [7, 11) is 0. The third-order valence-electron chi connectivity index (χ3n) is 5.98. The Balaban J connectivity index is 1.47. The van der Waals surface area contributed by atoms with Crippen molar-refractivity contribution in [2.45, 2.75) is 12.8 Å². The maximum Gasteiger partial charge on any atom is 0.339 e. The molecule has 2 heterocycles. The zero-order valence-electron chi connectivity index (χ0n) is 17.8. The lowest BCUT2D eigenvalue weighted by molar-refractivity contribution is -0.138. The Bertz CT molecular complexity index is 1200. The third kappa shape index (κ3) is 4.01. The van der Waals surface area contributed by atoms with Crippen LogP contribution in [0.2, 0.25) is 0 Å². The molecule has 0 radical (unpaired) electrons. The van der Waals surface area contributed by atoms with Crippen LogP contribution in [-0.2, 0) is 20.7 Å². The first-order valence-electron chi connectivity index (χ1n) is 10.9. The average molecular weight is 428 g/mol. The third-order valence-corrected chi connectivity index (χ3v) is 5.98. The van der Waals surface area contributed by atoms with Crippen LogP contribution < -0.4 is 0 Å². The minimum atomic E-state index is -0.470. The maximum absolute atomic E-state index is 13.2. The van der Waals surface area contributed by atoms with Gasteiger partial charge in [-0.25, -0.2) is 9.78 Å². The zero-order chi connectivity index (χ0) is 21.9. The van der Waals surface area contributed by atoms with Gasteiger partial charge in [0.2, 0.25) is 0 Å². The highest BCUT2D eigenvalue weighted by Gasteiger charge is 2.28. The Morgan fingerprint density at radius 2 is 1.75 bits per heavy atom. The highest BCUT2D eigenvalue weighted by molar-refractivity contribution is 6.07. The number of nitrogens with zero attached hydrogens (tertiary/aromatic N) is 2. The lowest BCUT2D eigenvalue weighted by Gasteiger charge is -2.26. The summed E-state index contributed by atoms with van der Waals surface area (Å²) in [4.78, 5) is 32.2. The van der Waals surface area contributed by atoms with Crippen molar-refractivity contribution in [3.8, 4) is 0 Å². The van der Waals surface area contributed by atoms with Crippen molar-refractivity contribution >= 4 is 34.4 Å². The first-order chi connectivity index (χ1) is 15.7. The first-order valence-corrected chi connectivity index (χ1v) is 10.9. The second-order valence-corrected chi connectivity index (χ2v) is 7.98. The lowest BCUT2D eigenvalue weighted by Crippen LogP contribution is -2.42. The van der Waals surface area contributed by atoms with Crippen LogP contribution in [0.25, 0.3) is 22.6 Å². The molecule has 1 fully saturated rings. The fraction of sp³-hybridized carbons (Fsp3) is 0.269. The number of ether oxygens (including phenoxy) is 2. The van der Waals surface area contributed by atoms with Crippen LogP contribution in [0.5, 0.6) is 0 Å². The fourth-order valence-corrected chi connectivity index (χ4v) is 4.37. The Hall–Kier alpha value is -3.51. The van der Waals surface area contributed by atoms with Crippen LogP contribution in [0.3, 0.4) is 0 Å². The average Bonchev–Trinajstić information content (AvgIpc) is 3.23. The molecule has 0 unspecified atom stereocenters. The molecule has 0 bridgehead atoms. The molecule has 1 aliphatic carbocycles. The Labute approximate surface area is 186 Å². The molecule has 0 saturated carbocycles. The topological polar surface area (TPSA) is 68.7 Å². The van der Waals surface area contributed by atoms with Gasteiger partial charge in [-0.3, -0.25) is 4.79 Å². The monoisotopic (exact) mass is 428 g/mol. The van der Waals surface area contributed by atoms with E-state index < -0.39 is 5.97 Å². The predicted molar refractivity (Wildman–Crippen MR) is 122 cm³/mol. The van der Waals surface area contributed by atoms with E-state index in [0.29, 0.717) is 38.3 Å². The largest absolute Gasteiger partial charge is 0.452 e. The van der Waals surface area contributed by atoms with E-state index in [1.54, 1.807) is 4.90 Å². The number of hydrogen-bond acceptors (Lipinski definition) is 5. The van der Waals surface area contributed by atoms with Gasteiger partial charge >= 0.3 is 5.97 Å². The quantitative estimate of drug-likeness (QED) is 0.592. The molecule has 6 heteroatoms. The maximum atomic E-state index is 13.2. The van der Waals surface area contributed by atoms with Gasteiger partial charge in [-0.05, 0) is 41.7 Å². The molecule has 3 aromatic rings. The van der Waals surface area contributed by atoms with Gasteiger partial charge in [-0.15, -0.1) is 0 Å². The molecule has 162 valence electrons. The predicted octanol–water partition coefficient (Wildman–Crippen LogP) is 3.74. The molecule has 2 aliphatic rings. The van der Waals surface area contributed by atoms with Gasteiger partial charge in [0, 0.05) is 18.5 Å². The van der Waals surface area contributed by atoms with Crippen molar-refractivity contribution < 1.29 is 19.1 Å². The highest BCUT2D eigenvalue weighted by atomic mass is 16.5. The molecule has 6 nitrogen and oxygen atoms in total. The smallest absolute Gasteiger partial charge is 0.339 e. The summed E-state index contributed by atoms with van der Waals surface area (Å²) in [5.41, 5.74) is 5.23. The second-order valence-electron chi connectivity index (χ2n) is 7.98. The normalized spacial score (nSPS) is 16.9. The van der Waals surface area contributed by atoms with Crippen molar-refractivity contribution in [3.63, 3.8) is 0 Å². The molecular weight excluding hydrogens is 404 g/mol. The van der Waals surface area contributed by atoms with Gasteiger partial charge < -0.3 is 14.4 Å². The van der Waals surface area contributed by atoms with E-state index in [9.17, 15) is 9.59 Å². The Kier molecular flexibility index (Phi) is 5.69. The highest BCUT2D eigenvalue weighted by Crippen LogP contribution is 2.37. The number of esters is 1. The number of para-hydroxylation sites is 1. The number of aromatic nitrogens is 1. The molecule has 1 aromatic heterocycles. The minimum absolute atomic E-state index is 0.193. The minimum Gasteiger partial charge on any atom is -0.452 e. The molecule has 5 rings (SSSR count). The second kappa shape index (κ2) is 8.93. The zero-order valence-corrected chi connectivity index (χ0v) is 17.8. The number of morpholine rings is 1. The number of rotatable bonds is 4. The fourth-order valence-electron chi connectivity index (χ4n) is 4.37. The number of fused-ring (bicyclic) bond motifs is 2. The van der Waals surface area contributed by atoms with Gasteiger partial charge in [-0.1, -0.05) is 48.5 Å². The molecule has 32 heavy (non-hydrogen) atoms. The van der Waals surface area contributed by atoms with Gasteiger partial charge in [0.15, 0.2) is 6.61 Å². The molecule has 1 aliphatic heterocycles. The number of allylic oxidation sites excluding steroid dienone is 1. The Morgan fingerprint density at radius 3 is 2.56 bits per heavy atom. The summed E-state index contributed by atoms with van der Waals surface area (Å²) in [5.74, 6) is -0.663. The summed E-state index contributed by atoms with van der Waals surface area (Å²) in [6.45, 7) is 1.81. The van der Waals surface area contributed by atoms with E-state index in [2.05, 4.69) is 18.2 Å². The van der Waals surface area contributed by atoms with Crippen molar-refractivity contribution in [2.75, 3.05) is 32.9 Å². The van der Waals surface area contributed by atoms with Crippen LogP contribution in [0, 0.1) is 0 Å². The summed E-state index contributed by atoms with van der Waals surface area (Å²) >= 11 is 0. The van der Waals surface area contributed by atoms with E-state index in [-0.39, 0.29) is 12.5 Å². The summed E-state index contributed by atoms with van der Waals surface area (Å²) in [6.07, 6.45) is 3.65. The summed E-state index contributed by atoms with van der Waals surface area (Å²) < 4.78 is 10.8. The van der Waals surface area contributed by atoms with Gasteiger partial charge in [0.05, 0.1) is 30.0 Å². The van der Waals surface area contributed by atoms with E-state index in [4.69, 9.17) is 14.5 Å². The van der Waals surface area contributed by atoms with Crippen LogP contribution in [0.1, 0.15) is 33.6 Å². The summed E-state index contributed by atoms with van der Waals surface area (Å²) in [5, 5.41) is 0.760. The van der Waals surface area contributed by atoms with E-state index in [1.165, 1.54) is 0 Å². The number of benzene rings is 2. The SMILES string of the molecule is O=C(OCC(=O)N1CCOCC1)c1c2c(nc3ccccc13)C(=Cc1ccccc1)CC2. The first kappa shape index (κ1) is 20.4. The molecule has 0 spiro atoms. The standard InChI is InChI=1S/C26H24N2O4/c29-23(28-12-14-31-15-13-28)17-32-26(30)24-20-8-4-5-9-22(20)27-25-19(10-11-21(24)25)16-18-6-2-1-3-7-18/h1-9,16H,10-15,17H2.